The van der Waals surface area contributed by atoms with Crippen LogP contribution in [-0.2, 0) is 11.3 Å². The summed E-state index contributed by atoms with van der Waals surface area (Å²) in [6, 6.07) is 18.7. The van der Waals surface area contributed by atoms with E-state index in [1.165, 1.54) is 18.5 Å². The van der Waals surface area contributed by atoms with Gasteiger partial charge in [-0.05, 0) is 43.5 Å². The van der Waals surface area contributed by atoms with E-state index in [1.54, 1.807) is 0 Å². The lowest BCUT2D eigenvalue weighted by Crippen LogP contribution is -2.37. The summed E-state index contributed by atoms with van der Waals surface area (Å²) in [6.45, 7) is 3.88. The Morgan fingerprint density at radius 1 is 0.929 bits per heavy atom. The van der Waals surface area contributed by atoms with Crippen LogP contribution in [-0.4, -0.2) is 46.5 Å². The van der Waals surface area contributed by atoms with E-state index in [4.69, 9.17) is 4.98 Å². The summed E-state index contributed by atoms with van der Waals surface area (Å²) >= 11 is 0. The second kappa shape index (κ2) is 7.30. The number of nitrogens with zero attached hydrogens (tertiary/aromatic N) is 4. The van der Waals surface area contributed by atoms with E-state index < -0.39 is 0 Å². The van der Waals surface area contributed by atoms with E-state index >= 15 is 0 Å². The van der Waals surface area contributed by atoms with Crippen LogP contribution in [0.3, 0.4) is 0 Å². The molecule has 1 saturated heterocycles. The Balaban J connectivity index is 1.32. The van der Waals surface area contributed by atoms with E-state index in [0.29, 0.717) is 12.5 Å². The van der Waals surface area contributed by atoms with Crippen LogP contribution in [0.4, 0.5) is 5.69 Å². The number of amides is 1. The largest absolute Gasteiger partial charge is 0.370 e. The molecule has 0 spiro atoms. The van der Waals surface area contributed by atoms with Crippen LogP contribution < -0.4 is 4.90 Å². The van der Waals surface area contributed by atoms with Gasteiger partial charge in [-0.1, -0.05) is 30.3 Å². The topological polar surface area (TPSA) is 41.4 Å². The number of aromatic nitrogens is 2. The highest BCUT2D eigenvalue weighted by Gasteiger charge is 2.30. The van der Waals surface area contributed by atoms with Crippen molar-refractivity contribution in [3.05, 3.63) is 60.4 Å². The lowest BCUT2D eigenvalue weighted by Gasteiger charge is -2.24. The molecule has 0 bridgehead atoms. The number of imidazole rings is 1. The third-order valence-corrected chi connectivity index (χ3v) is 5.89. The predicted octanol–water partition coefficient (Wildman–Crippen LogP) is 3.65. The van der Waals surface area contributed by atoms with Gasteiger partial charge in [0, 0.05) is 37.8 Å². The van der Waals surface area contributed by atoms with Crippen LogP contribution in [0.25, 0.3) is 11.0 Å². The number of hydrogen-bond donors (Lipinski definition) is 0. The first kappa shape index (κ1) is 17.3. The zero-order chi connectivity index (χ0) is 18.9. The van der Waals surface area contributed by atoms with Crippen molar-refractivity contribution in [2.75, 3.05) is 31.1 Å². The first-order valence-electron chi connectivity index (χ1n) is 10.3. The molecule has 0 N–H and O–H groups in total. The lowest BCUT2D eigenvalue weighted by atomic mass is 10.3. The summed E-state index contributed by atoms with van der Waals surface area (Å²) < 4.78 is 2.16. The molecule has 144 valence electrons. The maximum Gasteiger partial charge on any atom is 0.242 e. The summed E-state index contributed by atoms with van der Waals surface area (Å²) in [5.41, 5.74) is 3.33. The molecule has 2 aromatic carbocycles. The van der Waals surface area contributed by atoms with Crippen LogP contribution >= 0.6 is 0 Å². The minimum atomic E-state index is 0.208. The molecule has 5 heteroatoms. The Hall–Kier alpha value is -2.82. The molecular weight excluding hydrogens is 348 g/mol. The standard InChI is InChI=1S/C23H26N4O/c28-22(26-14-6-13-25(15-16-26)19-7-2-1-3-8-19)17-27-21-10-5-4-9-20(21)24-23(27)18-11-12-18/h1-5,7-10,18H,6,11-17H2. The number of benzene rings is 2. The molecule has 1 aliphatic heterocycles. The van der Waals surface area contributed by atoms with E-state index in [2.05, 4.69) is 39.8 Å². The Morgan fingerprint density at radius 2 is 1.71 bits per heavy atom. The second-order valence-electron chi connectivity index (χ2n) is 7.88. The van der Waals surface area contributed by atoms with Gasteiger partial charge in [0.15, 0.2) is 0 Å². The maximum atomic E-state index is 13.2. The van der Waals surface area contributed by atoms with Crippen LogP contribution in [0, 0.1) is 0 Å². The molecule has 0 radical (unpaired) electrons. The second-order valence-corrected chi connectivity index (χ2v) is 7.88. The molecule has 0 unspecified atom stereocenters. The average molecular weight is 374 g/mol. The zero-order valence-electron chi connectivity index (χ0n) is 16.1. The van der Waals surface area contributed by atoms with Gasteiger partial charge in [0.05, 0.1) is 11.0 Å². The highest BCUT2D eigenvalue weighted by atomic mass is 16.2. The number of fused-ring (bicyclic) bond motifs is 1. The van der Waals surface area contributed by atoms with Crippen LogP contribution in [0.1, 0.15) is 31.0 Å². The van der Waals surface area contributed by atoms with Gasteiger partial charge >= 0.3 is 0 Å². The third kappa shape index (κ3) is 3.37. The minimum absolute atomic E-state index is 0.208. The van der Waals surface area contributed by atoms with Crippen molar-refractivity contribution in [1.29, 1.82) is 0 Å². The molecule has 2 aliphatic rings. The van der Waals surface area contributed by atoms with Crippen LogP contribution in [0.5, 0.6) is 0 Å². The number of para-hydroxylation sites is 3. The van der Waals surface area contributed by atoms with Gasteiger partial charge in [-0.25, -0.2) is 4.98 Å². The third-order valence-electron chi connectivity index (χ3n) is 5.89. The number of carbonyl (C=O) groups excluding carboxylic acids is 1. The minimum Gasteiger partial charge on any atom is -0.370 e. The number of carbonyl (C=O) groups is 1. The number of hydrogen-bond acceptors (Lipinski definition) is 3. The van der Waals surface area contributed by atoms with Gasteiger partial charge < -0.3 is 14.4 Å². The van der Waals surface area contributed by atoms with Crippen molar-refractivity contribution in [2.24, 2.45) is 0 Å². The molecule has 5 nitrogen and oxygen atoms in total. The Bertz CT molecular complexity index is 977. The molecule has 2 fully saturated rings. The highest BCUT2D eigenvalue weighted by Crippen LogP contribution is 2.40. The van der Waals surface area contributed by atoms with Crippen LogP contribution in [0.2, 0.25) is 0 Å². The summed E-state index contributed by atoms with van der Waals surface area (Å²) in [5.74, 6) is 1.83. The van der Waals surface area contributed by atoms with Crippen molar-refractivity contribution < 1.29 is 4.79 Å². The fourth-order valence-electron chi connectivity index (χ4n) is 4.21. The van der Waals surface area contributed by atoms with Gasteiger partial charge in [-0.3, -0.25) is 4.79 Å². The molecule has 3 aromatic rings. The fraction of sp³-hybridized carbons (Fsp3) is 0.391. The average Bonchev–Trinajstić information content (AvgIpc) is 3.55. The number of rotatable bonds is 4. The van der Waals surface area contributed by atoms with Gasteiger partial charge in [0.2, 0.25) is 5.91 Å². The summed E-state index contributed by atoms with van der Waals surface area (Å²) in [5, 5.41) is 0. The van der Waals surface area contributed by atoms with Gasteiger partial charge in [-0.2, -0.15) is 0 Å². The van der Waals surface area contributed by atoms with E-state index in [0.717, 1.165) is 49.5 Å². The highest BCUT2D eigenvalue weighted by molar-refractivity contribution is 5.81. The van der Waals surface area contributed by atoms with Gasteiger partial charge in [0.1, 0.15) is 12.4 Å². The molecule has 2 heterocycles. The molecule has 0 atom stereocenters. The number of anilines is 1. The molecule has 1 aliphatic carbocycles. The normalized spacial score (nSPS) is 17.7. The van der Waals surface area contributed by atoms with E-state index in [9.17, 15) is 4.79 Å². The Kier molecular flexibility index (Phi) is 4.51. The van der Waals surface area contributed by atoms with Gasteiger partial charge in [-0.15, -0.1) is 0 Å². The van der Waals surface area contributed by atoms with Crippen molar-refractivity contribution in [3.63, 3.8) is 0 Å². The molecule has 1 amide bonds. The predicted molar refractivity (Wildman–Crippen MR) is 112 cm³/mol. The Labute approximate surface area is 165 Å². The first-order chi connectivity index (χ1) is 13.8. The molecular formula is C23H26N4O. The molecule has 28 heavy (non-hydrogen) atoms. The zero-order valence-corrected chi connectivity index (χ0v) is 16.1. The smallest absolute Gasteiger partial charge is 0.242 e. The first-order valence-corrected chi connectivity index (χ1v) is 10.3. The summed E-state index contributed by atoms with van der Waals surface area (Å²) in [6.07, 6.45) is 3.38. The monoisotopic (exact) mass is 374 g/mol. The van der Waals surface area contributed by atoms with E-state index in [1.807, 2.05) is 29.2 Å². The SMILES string of the molecule is O=C(Cn1c(C2CC2)nc2ccccc21)N1CCCN(c2ccccc2)CC1. The van der Waals surface area contributed by atoms with Crippen molar-refractivity contribution in [2.45, 2.75) is 31.7 Å². The van der Waals surface area contributed by atoms with Crippen LogP contribution in [0.15, 0.2) is 54.6 Å². The van der Waals surface area contributed by atoms with Crippen molar-refractivity contribution in [3.8, 4) is 0 Å². The quantitative estimate of drug-likeness (QED) is 0.700. The fourth-order valence-corrected chi connectivity index (χ4v) is 4.21. The summed E-state index contributed by atoms with van der Waals surface area (Å²) in [4.78, 5) is 22.4. The van der Waals surface area contributed by atoms with Crippen molar-refractivity contribution >= 4 is 22.6 Å². The molecule has 1 saturated carbocycles. The van der Waals surface area contributed by atoms with Crippen molar-refractivity contribution in [1.82, 2.24) is 14.5 Å². The van der Waals surface area contributed by atoms with E-state index in [-0.39, 0.29) is 5.91 Å². The Morgan fingerprint density at radius 3 is 2.54 bits per heavy atom. The maximum absolute atomic E-state index is 13.2. The van der Waals surface area contributed by atoms with Gasteiger partial charge in [0.25, 0.3) is 0 Å². The summed E-state index contributed by atoms with van der Waals surface area (Å²) in [7, 11) is 0. The lowest BCUT2D eigenvalue weighted by molar-refractivity contribution is -0.131. The molecule has 1 aromatic heterocycles. The molecule has 5 rings (SSSR count).